The van der Waals surface area contributed by atoms with Gasteiger partial charge in [-0.15, -0.1) is 12.4 Å². The Bertz CT molecular complexity index is 1120. The minimum Gasteiger partial charge on any atom is -0.388 e. The van der Waals surface area contributed by atoms with E-state index in [2.05, 4.69) is 22.0 Å². The summed E-state index contributed by atoms with van der Waals surface area (Å²) >= 11 is 0. The van der Waals surface area contributed by atoms with Crippen molar-refractivity contribution in [3.05, 3.63) is 78.2 Å². The highest BCUT2D eigenvalue weighted by Crippen LogP contribution is 2.40. The molecule has 1 saturated carbocycles. The molecule has 1 amide bonds. The van der Waals surface area contributed by atoms with Crippen LogP contribution in [0.1, 0.15) is 54.7 Å². The van der Waals surface area contributed by atoms with E-state index < -0.39 is 5.60 Å². The van der Waals surface area contributed by atoms with Gasteiger partial charge >= 0.3 is 0 Å². The predicted octanol–water partition coefficient (Wildman–Crippen LogP) is 4.49. The van der Waals surface area contributed by atoms with Crippen LogP contribution in [0, 0.1) is 0 Å². The number of amides is 1. The van der Waals surface area contributed by atoms with E-state index in [0.717, 1.165) is 56.5 Å². The zero-order valence-electron chi connectivity index (χ0n) is 20.3. The number of halogens is 1. The maximum Gasteiger partial charge on any atom is 0.275 e. The van der Waals surface area contributed by atoms with Crippen LogP contribution < -0.4 is 5.32 Å². The average Bonchev–Trinajstić information content (AvgIpc) is 3.29. The van der Waals surface area contributed by atoms with Crippen molar-refractivity contribution in [1.82, 2.24) is 19.8 Å². The first-order valence-electron chi connectivity index (χ1n) is 12.4. The van der Waals surface area contributed by atoms with Crippen LogP contribution in [0.4, 0.5) is 0 Å². The summed E-state index contributed by atoms with van der Waals surface area (Å²) in [5.74, 6) is -0.0320. The number of hydrogen-bond donors (Lipinski definition) is 2. The van der Waals surface area contributed by atoms with E-state index in [1.165, 1.54) is 5.56 Å². The van der Waals surface area contributed by atoms with Gasteiger partial charge in [0.05, 0.1) is 23.7 Å². The van der Waals surface area contributed by atoms with Gasteiger partial charge in [0.15, 0.2) is 5.69 Å². The highest BCUT2D eigenvalue weighted by Gasteiger charge is 2.39. The number of nitrogens with one attached hydrogen (secondary N) is 1. The smallest absolute Gasteiger partial charge is 0.275 e. The summed E-state index contributed by atoms with van der Waals surface area (Å²) in [6.07, 6.45) is 6.29. The van der Waals surface area contributed by atoms with Gasteiger partial charge in [-0.3, -0.25) is 4.79 Å². The molecule has 2 fully saturated rings. The van der Waals surface area contributed by atoms with Crippen molar-refractivity contribution in [3.8, 4) is 11.3 Å². The van der Waals surface area contributed by atoms with Gasteiger partial charge in [-0.2, -0.15) is 0 Å². The predicted molar refractivity (Wildman–Crippen MR) is 141 cm³/mol. The molecule has 2 aromatic carbocycles. The monoisotopic (exact) mass is 494 g/mol. The number of hydrogen-bond acceptors (Lipinski definition) is 4. The first-order valence-corrected chi connectivity index (χ1v) is 12.4. The molecule has 1 aliphatic carbocycles. The molecular formula is C28H35ClN4O2. The van der Waals surface area contributed by atoms with Crippen LogP contribution in [0.2, 0.25) is 0 Å². The zero-order chi connectivity index (χ0) is 23.5. The van der Waals surface area contributed by atoms with Crippen molar-refractivity contribution >= 4 is 18.3 Å². The number of imidazole rings is 1. The molecule has 2 aliphatic rings. The van der Waals surface area contributed by atoms with E-state index >= 15 is 0 Å². The van der Waals surface area contributed by atoms with E-state index in [0.29, 0.717) is 12.2 Å². The Labute approximate surface area is 213 Å². The van der Waals surface area contributed by atoms with E-state index in [1.807, 2.05) is 60.4 Å². The van der Waals surface area contributed by atoms with Crippen LogP contribution in [-0.2, 0) is 6.42 Å². The van der Waals surface area contributed by atoms with Crippen LogP contribution in [0.3, 0.4) is 0 Å². The maximum absolute atomic E-state index is 14.0. The molecule has 2 heterocycles. The van der Waals surface area contributed by atoms with E-state index in [9.17, 15) is 9.90 Å². The lowest BCUT2D eigenvalue weighted by Crippen LogP contribution is -2.54. The highest BCUT2D eigenvalue weighted by molar-refractivity contribution is 5.98. The first kappa shape index (κ1) is 25.4. The van der Waals surface area contributed by atoms with Crippen molar-refractivity contribution in [2.24, 2.45) is 0 Å². The van der Waals surface area contributed by atoms with E-state index in [4.69, 9.17) is 4.98 Å². The second kappa shape index (κ2) is 10.9. The normalized spacial score (nSPS) is 24.6. The SMILES string of the molecule is CC1(O)CCCCC1n1cnc(C(=O)N2CCNC[C@H]2Cc2ccccc2)c1-c1ccccc1.Cl. The van der Waals surface area contributed by atoms with Gasteiger partial charge in [0.25, 0.3) is 5.91 Å². The summed E-state index contributed by atoms with van der Waals surface area (Å²) in [5, 5.41) is 14.7. The number of benzene rings is 2. The average molecular weight is 495 g/mol. The molecule has 0 radical (unpaired) electrons. The quantitative estimate of drug-likeness (QED) is 0.548. The van der Waals surface area contributed by atoms with Gasteiger partial charge in [-0.1, -0.05) is 73.5 Å². The molecular weight excluding hydrogens is 460 g/mol. The van der Waals surface area contributed by atoms with E-state index in [-0.39, 0.29) is 30.4 Å². The highest BCUT2D eigenvalue weighted by atomic mass is 35.5. The molecule has 1 aromatic heterocycles. The summed E-state index contributed by atoms with van der Waals surface area (Å²) in [4.78, 5) is 20.7. The van der Waals surface area contributed by atoms with Crippen LogP contribution >= 0.6 is 12.4 Å². The molecule has 0 spiro atoms. The molecule has 6 nitrogen and oxygen atoms in total. The molecule has 186 valence electrons. The largest absolute Gasteiger partial charge is 0.388 e. The Morgan fingerprint density at radius 2 is 1.83 bits per heavy atom. The third-order valence-corrected chi connectivity index (χ3v) is 7.43. The van der Waals surface area contributed by atoms with Crippen molar-refractivity contribution in [1.29, 1.82) is 0 Å². The van der Waals surface area contributed by atoms with Gasteiger partial charge in [0, 0.05) is 31.2 Å². The molecule has 2 unspecified atom stereocenters. The van der Waals surface area contributed by atoms with Gasteiger partial charge in [-0.05, 0) is 31.7 Å². The number of aromatic nitrogens is 2. The molecule has 1 aliphatic heterocycles. The Morgan fingerprint density at radius 1 is 1.11 bits per heavy atom. The van der Waals surface area contributed by atoms with Gasteiger partial charge in [-0.25, -0.2) is 4.98 Å². The summed E-state index contributed by atoms with van der Waals surface area (Å²) in [7, 11) is 0. The molecule has 7 heteroatoms. The molecule has 2 N–H and O–H groups in total. The minimum absolute atomic E-state index is 0. The van der Waals surface area contributed by atoms with Crippen molar-refractivity contribution in [2.45, 2.75) is 56.7 Å². The van der Waals surface area contributed by atoms with Crippen LogP contribution in [0.15, 0.2) is 67.0 Å². The molecule has 5 rings (SSSR count). The third kappa shape index (κ3) is 5.30. The Hall–Kier alpha value is -2.67. The second-order valence-corrected chi connectivity index (χ2v) is 9.88. The van der Waals surface area contributed by atoms with Crippen molar-refractivity contribution in [3.63, 3.8) is 0 Å². The summed E-state index contributed by atoms with van der Waals surface area (Å²) in [5.41, 5.74) is 2.65. The molecule has 35 heavy (non-hydrogen) atoms. The fourth-order valence-electron chi connectivity index (χ4n) is 5.61. The molecule has 3 atom stereocenters. The van der Waals surface area contributed by atoms with Crippen LogP contribution in [0.25, 0.3) is 11.3 Å². The molecule has 1 saturated heterocycles. The number of rotatable bonds is 5. The van der Waals surface area contributed by atoms with Gasteiger partial charge in [0.2, 0.25) is 0 Å². The lowest BCUT2D eigenvalue weighted by molar-refractivity contribution is -0.0243. The number of piperazine rings is 1. The zero-order valence-corrected chi connectivity index (χ0v) is 21.1. The van der Waals surface area contributed by atoms with Crippen molar-refractivity contribution in [2.75, 3.05) is 19.6 Å². The topological polar surface area (TPSA) is 70.4 Å². The van der Waals surface area contributed by atoms with E-state index in [1.54, 1.807) is 6.33 Å². The third-order valence-electron chi connectivity index (χ3n) is 7.43. The van der Waals surface area contributed by atoms with Crippen LogP contribution in [-0.4, -0.2) is 56.7 Å². The fraction of sp³-hybridized carbons (Fsp3) is 0.429. The number of nitrogens with zero attached hydrogens (tertiary/aromatic N) is 3. The molecule has 3 aromatic rings. The fourth-order valence-corrected chi connectivity index (χ4v) is 5.61. The number of carbonyl (C=O) groups is 1. The summed E-state index contributed by atoms with van der Waals surface area (Å²) < 4.78 is 2.07. The van der Waals surface area contributed by atoms with Gasteiger partial charge < -0.3 is 19.9 Å². The Kier molecular flexibility index (Phi) is 7.95. The lowest BCUT2D eigenvalue weighted by Gasteiger charge is -2.39. The minimum atomic E-state index is -0.826. The van der Waals surface area contributed by atoms with Crippen molar-refractivity contribution < 1.29 is 9.90 Å². The summed E-state index contributed by atoms with van der Waals surface area (Å²) in [6, 6.07) is 20.3. The van der Waals surface area contributed by atoms with Crippen LogP contribution in [0.5, 0.6) is 0 Å². The Morgan fingerprint density at radius 3 is 2.54 bits per heavy atom. The number of aliphatic hydroxyl groups is 1. The maximum atomic E-state index is 14.0. The lowest BCUT2D eigenvalue weighted by atomic mass is 9.81. The molecule has 0 bridgehead atoms. The van der Waals surface area contributed by atoms with Gasteiger partial charge in [0.1, 0.15) is 0 Å². The summed E-state index contributed by atoms with van der Waals surface area (Å²) in [6.45, 7) is 4.10. The first-order chi connectivity index (χ1) is 16.5. The Balaban J connectivity index is 0.00000289. The second-order valence-electron chi connectivity index (χ2n) is 9.88. The standard InChI is InChI=1S/C28H34N4O2.ClH/c1-28(34)15-9-8-14-24(28)32-20-30-25(26(32)22-12-6-3-7-13-22)27(33)31-17-16-29-19-23(31)18-21-10-4-2-5-11-21;/h2-7,10-13,20,23-24,29,34H,8-9,14-19H2,1H3;1H/t23-,24?,28?;/m1./s1. The number of carbonyl (C=O) groups excluding carboxylic acids is 1.